The first kappa shape index (κ1) is 19.5. The minimum Gasteiger partial charge on any atom is -0.293 e. The maximum Gasteiger partial charge on any atom is 0.416 e. The molecule has 0 radical (unpaired) electrons. The van der Waals surface area contributed by atoms with Crippen molar-refractivity contribution in [2.45, 2.75) is 52.9 Å². The van der Waals surface area contributed by atoms with Crippen LogP contribution in [0.1, 0.15) is 63.2 Å². The van der Waals surface area contributed by atoms with Crippen molar-refractivity contribution in [2.24, 2.45) is 5.41 Å². The van der Waals surface area contributed by atoms with Gasteiger partial charge in [0.15, 0.2) is 11.1 Å². The molecule has 2 aromatic carbocycles. The summed E-state index contributed by atoms with van der Waals surface area (Å²) in [7, 11) is -1.76. The number of benzene rings is 2. The number of Topliss-reactive ketones (excluding diaryl/α,β-unsaturated/α-hetero) is 1. The first-order valence-electron chi connectivity index (χ1n) is 9.13. The number of hydrogen-bond acceptors (Lipinski definition) is 2. The van der Waals surface area contributed by atoms with Gasteiger partial charge in [0, 0.05) is 5.41 Å². The van der Waals surface area contributed by atoms with Crippen molar-refractivity contribution in [1.29, 1.82) is 0 Å². The number of hydrogen-bond donors (Lipinski definition) is 0. The zero-order valence-corrected chi connectivity index (χ0v) is 16.4. The van der Waals surface area contributed by atoms with Crippen LogP contribution in [0.4, 0.5) is 0 Å². The van der Waals surface area contributed by atoms with Crippen LogP contribution in [0.25, 0.3) is 0 Å². The summed E-state index contributed by atoms with van der Waals surface area (Å²) in [5, 5.41) is 1.41. The summed E-state index contributed by atoms with van der Waals surface area (Å²) < 4.78 is 13.0. The van der Waals surface area contributed by atoms with Gasteiger partial charge >= 0.3 is 7.80 Å². The molecule has 0 aliphatic heterocycles. The van der Waals surface area contributed by atoms with Crippen molar-refractivity contribution in [2.75, 3.05) is 0 Å². The summed E-state index contributed by atoms with van der Waals surface area (Å²) in [6, 6.07) is 16.7. The Morgan fingerprint density at radius 2 is 1.56 bits per heavy atom. The average Bonchev–Trinajstić information content (AvgIpc) is 2.65. The van der Waals surface area contributed by atoms with E-state index in [9.17, 15) is 9.36 Å². The maximum atomic E-state index is 13.2. The zero-order valence-electron chi connectivity index (χ0n) is 15.5. The molecular weight excluding hydrogens is 327 g/mol. The molecule has 3 heteroatoms. The van der Waals surface area contributed by atoms with E-state index in [0.717, 1.165) is 24.6 Å². The molecule has 0 amide bonds. The molecule has 1 unspecified atom stereocenters. The Balaban J connectivity index is 2.24. The maximum absolute atomic E-state index is 13.2. The molecule has 25 heavy (non-hydrogen) atoms. The molecule has 2 nitrogen and oxygen atoms in total. The van der Waals surface area contributed by atoms with Crippen LogP contribution in [0.5, 0.6) is 0 Å². The van der Waals surface area contributed by atoms with E-state index in [4.69, 9.17) is 0 Å². The summed E-state index contributed by atoms with van der Waals surface area (Å²) in [4.78, 5) is 13.2. The van der Waals surface area contributed by atoms with Crippen molar-refractivity contribution >= 4 is 24.2 Å². The highest BCUT2D eigenvalue weighted by atomic mass is 31.1. The normalized spacial score (nSPS) is 12.0. The van der Waals surface area contributed by atoms with Crippen LogP contribution in [0, 0.1) is 5.41 Å². The first-order valence-corrected chi connectivity index (χ1v) is 10.4. The fraction of sp³-hybridized carbons (Fsp3) is 0.409. The summed E-state index contributed by atoms with van der Waals surface area (Å²) >= 11 is 0. The Bertz CT molecular complexity index is 720. The summed E-state index contributed by atoms with van der Waals surface area (Å²) in [6.07, 6.45) is 5.48. The molecule has 0 bridgehead atoms. The van der Waals surface area contributed by atoms with E-state index >= 15 is 0 Å². The van der Waals surface area contributed by atoms with Gasteiger partial charge in [0.05, 0.1) is 5.56 Å². The highest BCUT2D eigenvalue weighted by Crippen LogP contribution is 2.31. The topological polar surface area (TPSA) is 34.1 Å². The number of unbranched alkanes of at least 4 members (excludes halogenated alkanes) is 3. The Morgan fingerprint density at radius 1 is 0.920 bits per heavy atom. The van der Waals surface area contributed by atoms with Gasteiger partial charge in [-0.15, -0.1) is 0 Å². The molecule has 0 N–H and O–H groups in total. The second-order valence-corrected chi connectivity index (χ2v) is 8.76. The van der Waals surface area contributed by atoms with Crippen LogP contribution < -0.4 is 10.6 Å². The highest BCUT2D eigenvalue weighted by molar-refractivity contribution is 7.61. The van der Waals surface area contributed by atoms with Gasteiger partial charge in [-0.2, -0.15) is 0 Å². The third kappa shape index (κ3) is 5.09. The van der Waals surface area contributed by atoms with E-state index in [-0.39, 0.29) is 5.78 Å². The van der Waals surface area contributed by atoms with Crippen molar-refractivity contribution < 1.29 is 9.36 Å². The van der Waals surface area contributed by atoms with Crippen LogP contribution in [0.15, 0.2) is 54.6 Å². The van der Waals surface area contributed by atoms with E-state index in [0.29, 0.717) is 10.9 Å². The second kappa shape index (κ2) is 9.06. The quantitative estimate of drug-likeness (QED) is 0.331. The molecule has 0 fully saturated rings. The lowest BCUT2D eigenvalue weighted by Gasteiger charge is -2.23. The van der Waals surface area contributed by atoms with Crippen molar-refractivity contribution in [1.82, 2.24) is 0 Å². The van der Waals surface area contributed by atoms with Gasteiger partial charge in [-0.25, -0.2) is 0 Å². The largest absolute Gasteiger partial charge is 0.416 e. The van der Waals surface area contributed by atoms with Gasteiger partial charge < -0.3 is 0 Å². The smallest absolute Gasteiger partial charge is 0.293 e. The van der Waals surface area contributed by atoms with E-state index < -0.39 is 13.2 Å². The Morgan fingerprint density at radius 3 is 2.24 bits per heavy atom. The molecular formula is C22H28O2P+. The lowest BCUT2D eigenvalue weighted by atomic mass is 9.80. The van der Waals surface area contributed by atoms with Crippen molar-refractivity contribution in [3.8, 4) is 0 Å². The monoisotopic (exact) mass is 355 g/mol. The molecule has 0 saturated heterocycles. The summed E-state index contributed by atoms with van der Waals surface area (Å²) in [5.41, 5.74) is 0.171. The minimum atomic E-state index is -1.76. The molecule has 0 aliphatic carbocycles. The van der Waals surface area contributed by atoms with E-state index in [2.05, 4.69) is 6.92 Å². The van der Waals surface area contributed by atoms with Crippen LogP contribution in [-0.4, -0.2) is 5.78 Å². The predicted octanol–water partition coefficient (Wildman–Crippen LogP) is 5.64. The third-order valence-corrected chi connectivity index (χ3v) is 6.22. The average molecular weight is 355 g/mol. The van der Waals surface area contributed by atoms with Crippen LogP contribution in [-0.2, 0) is 4.57 Å². The second-order valence-electron chi connectivity index (χ2n) is 7.17. The highest BCUT2D eigenvalue weighted by Gasteiger charge is 2.35. The van der Waals surface area contributed by atoms with Crippen LogP contribution in [0.2, 0.25) is 0 Å². The van der Waals surface area contributed by atoms with Gasteiger partial charge in [0.25, 0.3) is 0 Å². The summed E-state index contributed by atoms with van der Waals surface area (Å²) in [6.45, 7) is 6.20. The summed E-state index contributed by atoms with van der Waals surface area (Å²) in [5.74, 6) is 0.0962. The number of carbonyl (C=O) groups excluding carboxylic acids is 1. The standard InChI is InChI=1S/C22H28O2P/c1-4-5-6-12-17-22(2,3)21(23)19-15-10-11-16-20(19)25(24)18-13-8-7-9-14-18/h7-11,13-16H,4-6,12,17H2,1-3H3/q+1. The van der Waals surface area contributed by atoms with Gasteiger partial charge in [0.2, 0.25) is 5.30 Å². The van der Waals surface area contributed by atoms with Gasteiger partial charge in [-0.05, 0) is 30.7 Å². The first-order chi connectivity index (χ1) is 12.0. The lowest BCUT2D eigenvalue weighted by Crippen LogP contribution is -2.28. The third-order valence-electron chi connectivity index (χ3n) is 4.63. The lowest BCUT2D eigenvalue weighted by molar-refractivity contribution is 0.0824. The SMILES string of the molecule is CCCCCCC(C)(C)C(=O)c1ccccc1[P+](=O)c1ccccc1. The zero-order chi connectivity index (χ0) is 18.3. The molecule has 0 aromatic heterocycles. The van der Waals surface area contributed by atoms with Crippen molar-refractivity contribution in [3.63, 3.8) is 0 Å². The minimum absolute atomic E-state index is 0.0962. The van der Waals surface area contributed by atoms with Gasteiger partial charge in [-0.1, -0.05) is 81.4 Å². The van der Waals surface area contributed by atoms with Gasteiger partial charge in [-0.3, -0.25) is 4.79 Å². The van der Waals surface area contributed by atoms with Crippen LogP contribution >= 0.6 is 7.80 Å². The Kier molecular flexibility index (Phi) is 7.08. The van der Waals surface area contributed by atoms with Crippen molar-refractivity contribution in [3.05, 3.63) is 60.2 Å². The van der Waals surface area contributed by atoms with Crippen LogP contribution in [0.3, 0.4) is 0 Å². The molecule has 132 valence electrons. The fourth-order valence-electron chi connectivity index (χ4n) is 3.02. The molecule has 1 atom stereocenters. The van der Waals surface area contributed by atoms with E-state index in [1.54, 1.807) is 0 Å². The molecule has 0 saturated carbocycles. The number of carbonyl (C=O) groups is 1. The molecule has 0 spiro atoms. The Hall–Kier alpha value is -1.79. The molecule has 0 heterocycles. The number of rotatable bonds is 9. The predicted molar refractivity (Wildman–Crippen MR) is 107 cm³/mol. The van der Waals surface area contributed by atoms with E-state index in [1.807, 2.05) is 68.4 Å². The van der Waals surface area contributed by atoms with Gasteiger partial charge in [0.1, 0.15) is 0 Å². The van der Waals surface area contributed by atoms with E-state index in [1.165, 1.54) is 12.8 Å². The number of ketones is 1. The molecule has 0 aliphatic rings. The Labute approximate surface area is 152 Å². The molecule has 2 aromatic rings. The molecule has 2 rings (SSSR count). The fourth-order valence-corrected chi connectivity index (χ4v) is 4.35.